The SMILES string of the molecule is CCCCOC(=O)c1ncc(/C=C(\C)C=CC2=C(C)CCCC2(C)C)cn1. The van der Waals surface area contributed by atoms with Crippen LogP contribution < -0.4 is 0 Å². The number of esters is 1. The second-order valence-corrected chi connectivity index (χ2v) is 7.98. The maximum absolute atomic E-state index is 11.8. The van der Waals surface area contributed by atoms with Crippen molar-refractivity contribution in [2.24, 2.45) is 5.41 Å². The van der Waals surface area contributed by atoms with E-state index in [2.05, 4.69) is 56.7 Å². The van der Waals surface area contributed by atoms with E-state index in [4.69, 9.17) is 4.74 Å². The van der Waals surface area contributed by atoms with Crippen LogP contribution in [0.2, 0.25) is 0 Å². The number of aromatic nitrogens is 2. The number of carbonyl (C=O) groups is 1. The van der Waals surface area contributed by atoms with Gasteiger partial charge in [-0.25, -0.2) is 14.8 Å². The minimum Gasteiger partial charge on any atom is -0.460 e. The van der Waals surface area contributed by atoms with Gasteiger partial charge in [-0.2, -0.15) is 0 Å². The molecule has 0 N–H and O–H groups in total. The van der Waals surface area contributed by atoms with Crippen LogP contribution in [0.1, 0.15) is 82.9 Å². The van der Waals surface area contributed by atoms with Gasteiger partial charge >= 0.3 is 5.97 Å². The van der Waals surface area contributed by atoms with E-state index in [-0.39, 0.29) is 11.2 Å². The fraction of sp³-hybridized carbons (Fsp3) is 0.522. The summed E-state index contributed by atoms with van der Waals surface area (Å²) in [5.41, 5.74) is 5.17. The highest BCUT2D eigenvalue weighted by Gasteiger charge is 2.26. The van der Waals surface area contributed by atoms with E-state index < -0.39 is 5.97 Å². The van der Waals surface area contributed by atoms with Crippen LogP contribution in [0.4, 0.5) is 0 Å². The molecule has 0 bridgehead atoms. The second-order valence-electron chi connectivity index (χ2n) is 7.98. The highest BCUT2D eigenvalue weighted by molar-refractivity contribution is 5.85. The Labute approximate surface area is 163 Å². The van der Waals surface area contributed by atoms with Crippen molar-refractivity contribution < 1.29 is 9.53 Å². The van der Waals surface area contributed by atoms with Crippen LogP contribution in [0.25, 0.3) is 6.08 Å². The fourth-order valence-corrected chi connectivity index (χ4v) is 3.43. The van der Waals surface area contributed by atoms with Crippen LogP contribution in [0.15, 0.2) is 41.3 Å². The first kappa shape index (κ1) is 21.1. The topological polar surface area (TPSA) is 52.1 Å². The lowest BCUT2D eigenvalue weighted by atomic mass is 9.72. The van der Waals surface area contributed by atoms with Crippen molar-refractivity contribution in [3.63, 3.8) is 0 Å². The smallest absolute Gasteiger partial charge is 0.376 e. The molecule has 146 valence electrons. The minimum absolute atomic E-state index is 0.112. The summed E-state index contributed by atoms with van der Waals surface area (Å²) in [5, 5.41) is 0. The van der Waals surface area contributed by atoms with E-state index in [1.54, 1.807) is 12.4 Å². The standard InChI is InChI=1S/C23H32N2O2/c1-6-7-13-27-22(26)21-24-15-19(16-25-21)14-17(2)10-11-20-18(3)9-8-12-23(20,4)5/h10-11,14-16H,6-9,12-13H2,1-5H3/b11-10?,17-14+. The predicted molar refractivity (Wildman–Crippen MR) is 110 cm³/mol. The zero-order valence-electron chi connectivity index (χ0n) is 17.3. The second kappa shape index (κ2) is 9.63. The molecular formula is C23H32N2O2. The van der Waals surface area contributed by atoms with Crippen molar-refractivity contribution in [1.29, 1.82) is 0 Å². The number of ether oxygens (including phenoxy) is 1. The summed E-state index contributed by atoms with van der Waals surface area (Å²) in [6.07, 6.45) is 15.3. The van der Waals surface area contributed by atoms with E-state index in [0.717, 1.165) is 24.0 Å². The maximum Gasteiger partial charge on any atom is 0.376 e. The van der Waals surface area contributed by atoms with Gasteiger partial charge in [-0.3, -0.25) is 0 Å². The molecule has 0 aromatic carbocycles. The summed E-state index contributed by atoms with van der Waals surface area (Å²) >= 11 is 0. The van der Waals surface area contributed by atoms with E-state index >= 15 is 0 Å². The maximum atomic E-state index is 11.8. The van der Waals surface area contributed by atoms with Gasteiger partial charge in [0.25, 0.3) is 0 Å². The lowest BCUT2D eigenvalue weighted by molar-refractivity contribution is 0.0485. The van der Waals surface area contributed by atoms with Gasteiger partial charge in [0.2, 0.25) is 5.82 Å². The molecule has 4 nitrogen and oxygen atoms in total. The van der Waals surface area contributed by atoms with Crippen LogP contribution in [-0.2, 0) is 4.74 Å². The van der Waals surface area contributed by atoms with Crippen molar-refractivity contribution in [2.45, 2.75) is 66.7 Å². The molecule has 0 amide bonds. The van der Waals surface area contributed by atoms with Crippen LogP contribution in [-0.4, -0.2) is 22.5 Å². The molecule has 1 aliphatic rings. The highest BCUT2D eigenvalue weighted by atomic mass is 16.5. The Morgan fingerprint density at radius 1 is 1.30 bits per heavy atom. The molecule has 1 aromatic heterocycles. The Balaban J connectivity index is 2.04. The Bertz CT molecular complexity index is 740. The van der Waals surface area contributed by atoms with E-state index in [1.807, 2.05) is 6.08 Å². The van der Waals surface area contributed by atoms with Gasteiger partial charge in [0, 0.05) is 18.0 Å². The van der Waals surface area contributed by atoms with E-state index in [1.165, 1.54) is 30.4 Å². The Hall–Kier alpha value is -2.23. The third-order valence-electron chi connectivity index (χ3n) is 5.04. The third-order valence-corrected chi connectivity index (χ3v) is 5.04. The molecule has 1 aromatic rings. The molecule has 0 fully saturated rings. The molecule has 27 heavy (non-hydrogen) atoms. The average Bonchev–Trinajstić information content (AvgIpc) is 2.61. The lowest BCUT2D eigenvalue weighted by Crippen LogP contribution is -2.19. The van der Waals surface area contributed by atoms with Gasteiger partial charge in [-0.1, -0.05) is 50.5 Å². The average molecular weight is 369 g/mol. The first-order valence-electron chi connectivity index (χ1n) is 9.89. The molecule has 0 atom stereocenters. The van der Waals surface area contributed by atoms with E-state index in [9.17, 15) is 4.79 Å². The zero-order chi connectivity index (χ0) is 19.9. The summed E-state index contributed by atoms with van der Waals surface area (Å²) in [5.74, 6) is -0.348. The summed E-state index contributed by atoms with van der Waals surface area (Å²) < 4.78 is 5.13. The van der Waals surface area contributed by atoms with Crippen LogP contribution in [0.5, 0.6) is 0 Å². The molecule has 2 rings (SSSR count). The molecule has 0 saturated carbocycles. The van der Waals surface area contributed by atoms with E-state index in [0.29, 0.717) is 6.61 Å². The summed E-state index contributed by atoms with van der Waals surface area (Å²) in [4.78, 5) is 20.1. The van der Waals surface area contributed by atoms with Crippen molar-refractivity contribution in [1.82, 2.24) is 9.97 Å². The quantitative estimate of drug-likeness (QED) is 0.340. The zero-order valence-corrected chi connectivity index (χ0v) is 17.3. The van der Waals surface area contributed by atoms with Gasteiger partial charge in [0.15, 0.2) is 0 Å². The summed E-state index contributed by atoms with van der Waals surface area (Å²) in [7, 11) is 0. The monoisotopic (exact) mass is 368 g/mol. The van der Waals surface area contributed by atoms with Gasteiger partial charge in [0.1, 0.15) is 0 Å². The third kappa shape index (κ3) is 6.16. The first-order valence-corrected chi connectivity index (χ1v) is 9.89. The normalized spacial score (nSPS) is 17.4. The molecule has 1 aliphatic carbocycles. The Kier molecular flexibility index (Phi) is 7.52. The molecular weight excluding hydrogens is 336 g/mol. The highest BCUT2D eigenvalue weighted by Crippen LogP contribution is 2.40. The van der Waals surface area contributed by atoms with Gasteiger partial charge < -0.3 is 4.74 Å². The van der Waals surface area contributed by atoms with Gasteiger partial charge in [0.05, 0.1) is 6.61 Å². The minimum atomic E-state index is -0.461. The number of allylic oxidation sites excluding steroid dienone is 5. The molecule has 4 heteroatoms. The van der Waals surface area contributed by atoms with Crippen molar-refractivity contribution in [3.8, 4) is 0 Å². The first-order chi connectivity index (χ1) is 12.8. The predicted octanol–water partition coefficient (Wildman–Crippen LogP) is 5.92. The summed E-state index contributed by atoms with van der Waals surface area (Å²) in [6, 6.07) is 0. The van der Waals surface area contributed by atoms with Crippen molar-refractivity contribution in [2.75, 3.05) is 6.61 Å². The van der Waals surface area contributed by atoms with Crippen LogP contribution in [0.3, 0.4) is 0 Å². The number of nitrogens with zero attached hydrogens (tertiary/aromatic N) is 2. The lowest BCUT2D eigenvalue weighted by Gasteiger charge is -2.32. The van der Waals surface area contributed by atoms with Crippen molar-refractivity contribution in [3.05, 3.63) is 52.7 Å². The number of carbonyl (C=O) groups excluding carboxylic acids is 1. The fourth-order valence-electron chi connectivity index (χ4n) is 3.43. The Morgan fingerprint density at radius 3 is 2.63 bits per heavy atom. The molecule has 0 unspecified atom stereocenters. The number of hydrogen-bond donors (Lipinski definition) is 0. The number of unbranched alkanes of at least 4 members (excludes halogenated alkanes) is 1. The van der Waals surface area contributed by atoms with Gasteiger partial charge in [-0.05, 0) is 56.6 Å². The van der Waals surface area contributed by atoms with Crippen LogP contribution in [0, 0.1) is 5.41 Å². The molecule has 1 heterocycles. The Morgan fingerprint density at radius 2 is 2.00 bits per heavy atom. The summed E-state index contributed by atoms with van der Waals surface area (Å²) in [6.45, 7) is 11.4. The molecule has 0 radical (unpaired) electrons. The van der Waals surface area contributed by atoms with Crippen LogP contribution >= 0.6 is 0 Å². The molecule has 0 aliphatic heterocycles. The molecule has 0 saturated heterocycles. The number of hydrogen-bond acceptors (Lipinski definition) is 4. The van der Waals surface area contributed by atoms with Gasteiger partial charge in [-0.15, -0.1) is 0 Å². The van der Waals surface area contributed by atoms with Crippen molar-refractivity contribution >= 4 is 12.0 Å². The molecule has 0 spiro atoms. The largest absolute Gasteiger partial charge is 0.460 e. The number of rotatable bonds is 7.